The first-order valence-electron chi connectivity index (χ1n) is 8.49. The fraction of sp³-hybridized carbons (Fsp3) is 0.647. The summed E-state index contributed by atoms with van der Waals surface area (Å²) in [5, 5.41) is 10.7. The molecule has 0 bridgehead atoms. The Hall–Kier alpha value is -1.80. The molecule has 1 aromatic rings. The van der Waals surface area contributed by atoms with E-state index in [9.17, 15) is 23.5 Å². The molecule has 1 aromatic heterocycles. The maximum absolute atomic E-state index is 13.2. The monoisotopic (exact) mass is 355 g/mol. The van der Waals surface area contributed by atoms with Crippen LogP contribution in [0.5, 0.6) is 0 Å². The van der Waals surface area contributed by atoms with E-state index in [2.05, 4.69) is 4.98 Å². The average molecular weight is 355 g/mol. The van der Waals surface area contributed by atoms with E-state index in [1.54, 1.807) is 13.0 Å². The molecular formula is C17H23F2N3O3. The highest BCUT2D eigenvalue weighted by atomic mass is 19.3. The predicted molar refractivity (Wildman–Crippen MR) is 87.9 cm³/mol. The van der Waals surface area contributed by atoms with E-state index >= 15 is 0 Å². The highest BCUT2D eigenvalue weighted by Gasteiger charge is 2.42. The summed E-state index contributed by atoms with van der Waals surface area (Å²) in [6, 6.07) is 3.14. The van der Waals surface area contributed by atoms with Crippen molar-refractivity contribution in [2.75, 3.05) is 32.7 Å². The van der Waals surface area contributed by atoms with E-state index < -0.39 is 23.0 Å². The molecule has 2 saturated heterocycles. The van der Waals surface area contributed by atoms with Crippen LogP contribution in [-0.2, 0) is 0 Å². The minimum Gasteiger partial charge on any atom is -0.387 e. The van der Waals surface area contributed by atoms with Crippen LogP contribution in [0.2, 0.25) is 0 Å². The van der Waals surface area contributed by atoms with Gasteiger partial charge in [0.15, 0.2) is 0 Å². The summed E-state index contributed by atoms with van der Waals surface area (Å²) < 4.78 is 26.5. The van der Waals surface area contributed by atoms with Crippen molar-refractivity contribution < 1.29 is 18.7 Å². The van der Waals surface area contributed by atoms with E-state index in [4.69, 9.17) is 0 Å². The summed E-state index contributed by atoms with van der Waals surface area (Å²) in [4.78, 5) is 30.3. The third-order valence-electron chi connectivity index (χ3n) is 5.01. The van der Waals surface area contributed by atoms with Gasteiger partial charge in [0.2, 0.25) is 0 Å². The zero-order chi connectivity index (χ0) is 18.2. The van der Waals surface area contributed by atoms with E-state index in [1.807, 2.05) is 4.90 Å². The molecule has 25 heavy (non-hydrogen) atoms. The van der Waals surface area contributed by atoms with Gasteiger partial charge in [-0.25, -0.2) is 8.78 Å². The Kier molecular flexibility index (Phi) is 4.68. The molecule has 3 rings (SSSR count). The van der Waals surface area contributed by atoms with E-state index in [1.165, 1.54) is 11.0 Å². The van der Waals surface area contributed by atoms with Crippen LogP contribution in [-0.4, -0.2) is 70.0 Å². The summed E-state index contributed by atoms with van der Waals surface area (Å²) in [6.07, 6.45) is -0.0374. The topological polar surface area (TPSA) is 76.6 Å². The lowest BCUT2D eigenvalue weighted by molar-refractivity contribution is -0.0720. The second kappa shape index (κ2) is 6.49. The zero-order valence-corrected chi connectivity index (χ0v) is 14.2. The molecule has 1 unspecified atom stereocenters. The van der Waals surface area contributed by atoms with Crippen LogP contribution in [0.1, 0.15) is 35.3 Å². The van der Waals surface area contributed by atoms with Gasteiger partial charge < -0.3 is 15.0 Å². The van der Waals surface area contributed by atoms with Crippen molar-refractivity contribution in [1.82, 2.24) is 14.8 Å². The van der Waals surface area contributed by atoms with Gasteiger partial charge in [-0.15, -0.1) is 0 Å². The van der Waals surface area contributed by atoms with Crippen LogP contribution in [0.15, 0.2) is 16.9 Å². The molecule has 138 valence electrons. The standard InChI is InChI=1S/C17H23F2N3O3/c1-12-2-3-13(14(23)20-12)15(24)22-9-4-16(25,11-22)10-21-7-5-17(18,19)6-8-21/h2-3,25H,4-11H2,1H3,(H,20,23). The van der Waals surface area contributed by atoms with Crippen molar-refractivity contribution in [3.63, 3.8) is 0 Å². The molecule has 3 heterocycles. The van der Waals surface area contributed by atoms with Crippen LogP contribution in [0.25, 0.3) is 0 Å². The first-order valence-corrected chi connectivity index (χ1v) is 8.49. The van der Waals surface area contributed by atoms with Crippen LogP contribution in [0.3, 0.4) is 0 Å². The lowest BCUT2D eigenvalue weighted by Gasteiger charge is -2.36. The summed E-state index contributed by atoms with van der Waals surface area (Å²) in [5.74, 6) is -3.04. The molecule has 0 aliphatic carbocycles. The Labute approximate surface area is 144 Å². The van der Waals surface area contributed by atoms with Gasteiger partial charge in [-0.1, -0.05) is 0 Å². The predicted octanol–water partition coefficient (Wildman–Crippen LogP) is 0.991. The van der Waals surface area contributed by atoms with Crippen molar-refractivity contribution in [3.8, 4) is 0 Å². The number of aryl methyl sites for hydroxylation is 1. The number of amides is 1. The highest BCUT2D eigenvalue weighted by Crippen LogP contribution is 2.30. The number of carbonyl (C=O) groups is 1. The first-order chi connectivity index (χ1) is 11.7. The number of aromatic amines is 1. The maximum atomic E-state index is 13.2. The Morgan fingerprint density at radius 2 is 1.92 bits per heavy atom. The molecule has 0 saturated carbocycles. The Balaban J connectivity index is 1.62. The lowest BCUT2D eigenvalue weighted by Crippen LogP contribution is -2.49. The normalized spacial score (nSPS) is 26.8. The second-order valence-corrected chi connectivity index (χ2v) is 7.22. The minimum absolute atomic E-state index is 0.0486. The number of nitrogens with zero attached hydrogens (tertiary/aromatic N) is 2. The number of carbonyl (C=O) groups excluding carboxylic acids is 1. The van der Waals surface area contributed by atoms with Gasteiger partial charge in [0, 0.05) is 44.7 Å². The number of halogens is 2. The Bertz CT molecular complexity index is 711. The highest BCUT2D eigenvalue weighted by molar-refractivity contribution is 5.94. The number of aromatic nitrogens is 1. The smallest absolute Gasteiger partial charge is 0.260 e. The SMILES string of the molecule is Cc1ccc(C(=O)N2CCC(O)(CN3CCC(F)(F)CC3)C2)c(=O)[nH]1. The molecule has 1 atom stereocenters. The number of aliphatic hydroxyl groups is 1. The minimum atomic E-state index is -2.62. The molecule has 2 aliphatic heterocycles. The fourth-order valence-electron chi connectivity index (χ4n) is 3.52. The molecule has 2 N–H and O–H groups in total. The van der Waals surface area contributed by atoms with Crippen LogP contribution in [0.4, 0.5) is 8.78 Å². The molecule has 0 radical (unpaired) electrons. The number of alkyl halides is 2. The van der Waals surface area contributed by atoms with Gasteiger partial charge in [0.25, 0.3) is 17.4 Å². The molecular weight excluding hydrogens is 332 g/mol. The largest absolute Gasteiger partial charge is 0.387 e. The quantitative estimate of drug-likeness (QED) is 0.848. The van der Waals surface area contributed by atoms with Crippen molar-refractivity contribution in [2.24, 2.45) is 0 Å². The summed E-state index contributed by atoms with van der Waals surface area (Å²) in [6.45, 7) is 2.91. The third kappa shape index (κ3) is 4.07. The van der Waals surface area contributed by atoms with Gasteiger partial charge in [-0.3, -0.25) is 14.5 Å². The van der Waals surface area contributed by atoms with Crippen molar-refractivity contribution in [3.05, 3.63) is 33.7 Å². The molecule has 1 amide bonds. The molecule has 0 spiro atoms. The van der Waals surface area contributed by atoms with E-state index in [0.717, 1.165) is 0 Å². The number of H-pyrrole nitrogens is 1. The number of β-amino-alcohol motifs (C(OH)–C–C–N with tert-alkyl or cyclic N) is 1. The summed E-state index contributed by atoms with van der Waals surface area (Å²) in [5.41, 5.74) is -0.854. The number of likely N-dealkylation sites (tertiary alicyclic amines) is 2. The Morgan fingerprint density at radius 3 is 2.56 bits per heavy atom. The molecule has 2 aliphatic rings. The molecule has 0 aromatic carbocycles. The summed E-state index contributed by atoms with van der Waals surface area (Å²) >= 11 is 0. The molecule has 6 nitrogen and oxygen atoms in total. The number of nitrogens with one attached hydrogen (secondary N) is 1. The van der Waals surface area contributed by atoms with Gasteiger partial charge in [-0.05, 0) is 25.5 Å². The first kappa shape index (κ1) is 18.0. The third-order valence-corrected chi connectivity index (χ3v) is 5.01. The number of hydrogen-bond donors (Lipinski definition) is 2. The van der Waals surface area contributed by atoms with Crippen LogP contribution < -0.4 is 5.56 Å². The fourth-order valence-corrected chi connectivity index (χ4v) is 3.52. The second-order valence-electron chi connectivity index (χ2n) is 7.22. The number of piperidine rings is 1. The zero-order valence-electron chi connectivity index (χ0n) is 14.2. The number of rotatable bonds is 3. The van der Waals surface area contributed by atoms with E-state index in [0.29, 0.717) is 18.7 Å². The van der Waals surface area contributed by atoms with E-state index in [-0.39, 0.29) is 44.6 Å². The molecule has 2 fully saturated rings. The number of hydrogen-bond acceptors (Lipinski definition) is 4. The van der Waals surface area contributed by atoms with Crippen LogP contribution in [0, 0.1) is 6.92 Å². The Morgan fingerprint density at radius 1 is 1.24 bits per heavy atom. The van der Waals surface area contributed by atoms with Crippen LogP contribution >= 0.6 is 0 Å². The van der Waals surface area contributed by atoms with Gasteiger partial charge in [-0.2, -0.15) is 0 Å². The van der Waals surface area contributed by atoms with Gasteiger partial charge in [0.05, 0.1) is 12.1 Å². The van der Waals surface area contributed by atoms with Crippen molar-refractivity contribution in [2.45, 2.75) is 37.7 Å². The van der Waals surface area contributed by atoms with Gasteiger partial charge >= 0.3 is 0 Å². The molecule has 8 heteroatoms. The lowest BCUT2D eigenvalue weighted by atomic mass is 10.00. The maximum Gasteiger partial charge on any atom is 0.260 e. The number of pyridine rings is 1. The average Bonchev–Trinajstić information content (AvgIpc) is 2.91. The van der Waals surface area contributed by atoms with Crippen molar-refractivity contribution >= 4 is 5.91 Å². The van der Waals surface area contributed by atoms with Gasteiger partial charge in [0.1, 0.15) is 5.56 Å². The summed E-state index contributed by atoms with van der Waals surface area (Å²) in [7, 11) is 0. The van der Waals surface area contributed by atoms with Crippen molar-refractivity contribution in [1.29, 1.82) is 0 Å².